The number of rotatable bonds is 3. The van der Waals surface area contributed by atoms with Crippen molar-refractivity contribution in [1.29, 1.82) is 0 Å². The first kappa shape index (κ1) is 10.4. The summed E-state index contributed by atoms with van der Waals surface area (Å²) in [5.41, 5.74) is 1.63. The summed E-state index contributed by atoms with van der Waals surface area (Å²) in [6.45, 7) is 0.274. The zero-order valence-corrected chi connectivity index (χ0v) is 8.78. The Kier molecular flexibility index (Phi) is 3.28. The molecular weight excluding hydrogens is 200 g/mol. The van der Waals surface area contributed by atoms with Crippen molar-refractivity contribution in [2.24, 2.45) is 5.11 Å². The number of hydrogen-bond acceptors (Lipinski definition) is 2. The second-order valence-corrected chi connectivity index (χ2v) is 3.43. The van der Waals surface area contributed by atoms with Gasteiger partial charge >= 0.3 is 0 Å². The summed E-state index contributed by atoms with van der Waals surface area (Å²) in [6, 6.07) is 18.8. The van der Waals surface area contributed by atoms with E-state index in [1.165, 1.54) is 0 Å². The molecule has 0 spiro atoms. The van der Waals surface area contributed by atoms with E-state index in [1.54, 1.807) is 12.1 Å². The zero-order valence-electron chi connectivity index (χ0n) is 8.78. The van der Waals surface area contributed by atoms with E-state index in [-0.39, 0.29) is 6.54 Å². The summed E-state index contributed by atoms with van der Waals surface area (Å²) >= 11 is 0. The Labute approximate surface area is 94.3 Å². The lowest BCUT2D eigenvalue weighted by Gasteiger charge is -2.00. The summed E-state index contributed by atoms with van der Waals surface area (Å²) in [5, 5.41) is 15.5. The van der Waals surface area contributed by atoms with E-state index < -0.39 is 0 Å². The average molecular weight is 212 g/mol. The van der Waals surface area contributed by atoms with Gasteiger partial charge < -0.3 is 5.21 Å². The van der Waals surface area contributed by atoms with Crippen LogP contribution < -0.4 is 0 Å². The van der Waals surface area contributed by atoms with Gasteiger partial charge in [0.1, 0.15) is 5.69 Å². The number of benzene rings is 2. The van der Waals surface area contributed by atoms with Gasteiger partial charge in [-0.3, -0.25) is 0 Å². The van der Waals surface area contributed by atoms with Crippen LogP contribution in [-0.2, 0) is 6.54 Å². The Balaban J connectivity index is 2.09. The Hall–Kier alpha value is -2.16. The van der Waals surface area contributed by atoms with Crippen LogP contribution in [0, 0.1) is 5.21 Å². The molecule has 2 rings (SSSR count). The van der Waals surface area contributed by atoms with Crippen molar-refractivity contribution in [3.8, 4) is 0 Å². The standard InChI is InChI=1S/C13H12N2O/c16-15(11-12-7-3-1-4-8-12)14-13-9-5-2-6-10-13/h1-10H,11H2. The van der Waals surface area contributed by atoms with E-state index in [2.05, 4.69) is 5.11 Å². The maximum absolute atomic E-state index is 11.5. The van der Waals surface area contributed by atoms with Gasteiger partial charge in [0.2, 0.25) is 6.54 Å². The molecule has 0 aliphatic rings. The molecule has 0 bridgehead atoms. The molecule has 0 amide bonds. The molecule has 0 fully saturated rings. The largest absolute Gasteiger partial charge is 0.599 e. The van der Waals surface area contributed by atoms with Crippen LogP contribution in [0.1, 0.15) is 5.56 Å². The van der Waals surface area contributed by atoms with Crippen molar-refractivity contribution < 1.29 is 4.86 Å². The van der Waals surface area contributed by atoms with Crippen LogP contribution in [0.4, 0.5) is 5.69 Å². The highest BCUT2D eigenvalue weighted by Gasteiger charge is 1.99. The summed E-state index contributed by atoms with van der Waals surface area (Å²) < 4.78 is 0. The quantitative estimate of drug-likeness (QED) is 0.436. The fourth-order valence-corrected chi connectivity index (χ4v) is 1.40. The first-order valence-corrected chi connectivity index (χ1v) is 5.10. The monoisotopic (exact) mass is 212 g/mol. The van der Waals surface area contributed by atoms with Crippen molar-refractivity contribution >= 4 is 5.69 Å². The van der Waals surface area contributed by atoms with Crippen molar-refractivity contribution in [1.82, 2.24) is 0 Å². The SMILES string of the molecule is [O-][N+](Cc1ccccc1)=Nc1ccccc1. The number of hydroxylamine groups is 1. The van der Waals surface area contributed by atoms with E-state index in [4.69, 9.17) is 0 Å². The van der Waals surface area contributed by atoms with Gasteiger partial charge in [-0.25, -0.2) is 0 Å². The highest BCUT2D eigenvalue weighted by atomic mass is 16.5. The second-order valence-electron chi connectivity index (χ2n) is 3.43. The average Bonchev–Trinajstić information content (AvgIpc) is 2.31. The van der Waals surface area contributed by atoms with Gasteiger partial charge in [0.05, 0.1) is 0 Å². The molecule has 0 saturated heterocycles. The molecule has 0 aliphatic carbocycles. The molecule has 0 aromatic heterocycles. The van der Waals surface area contributed by atoms with E-state index in [0.717, 1.165) is 5.56 Å². The van der Waals surface area contributed by atoms with Gasteiger partial charge in [0.15, 0.2) is 0 Å². The highest BCUT2D eigenvalue weighted by Crippen LogP contribution is 2.11. The Morgan fingerprint density at radius 1 is 0.875 bits per heavy atom. The molecular formula is C13H12N2O. The van der Waals surface area contributed by atoms with Crippen molar-refractivity contribution in [2.75, 3.05) is 0 Å². The molecule has 0 unspecified atom stereocenters. The van der Waals surface area contributed by atoms with Gasteiger partial charge in [-0.15, -0.1) is 0 Å². The molecule has 0 aliphatic heterocycles. The van der Waals surface area contributed by atoms with Gasteiger partial charge in [0.25, 0.3) is 0 Å². The van der Waals surface area contributed by atoms with Crippen LogP contribution in [0.3, 0.4) is 0 Å². The molecule has 80 valence electrons. The highest BCUT2D eigenvalue weighted by molar-refractivity contribution is 5.34. The van der Waals surface area contributed by atoms with Crippen LogP contribution in [0.5, 0.6) is 0 Å². The summed E-state index contributed by atoms with van der Waals surface area (Å²) in [7, 11) is 0. The number of nitrogens with zero attached hydrogens (tertiary/aromatic N) is 2. The third kappa shape index (κ3) is 2.92. The Morgan fingerprint density at radius 3 is 2.06 bits per heavy atom. The van der Waals surface area contributed by atoms with Gasteiger partial charge in [-0.1, -0.05) is 53.4 Å². The lowest BCUT2D eigenvalue weighted by molar-refractivity contribution is -0.540. The molecule has 3 nitrogen and oxygen atoms in total. The zero-order chi connectivity index (χ0) is 11.2. The van der Waals surface area contributed by atoms with Crippen molar-refractivity contribution in [3.63, 3.8) is 0 Å². The van der Waals surface area contributed by atoms with Crippen LogP contribution in [0.25, 0.3) is 0 Å². The second kappa shape index (κ2) is 5.07. The molecule has 0 radical (unpaired) electrons. The normalized spacial score (nSPS) is 11.4. The van der Waals surface area contributed by atoms with Gasteiger partial charge in [-0.2, -0.15) is 0 Å². The lowest BCUT2D eigenvalue weighted by atomic mass is 10.2. The Morgan fingerprint density at radius 2 is 1.44 bits per heavy atom. The van der Waals surface area contributed by atoms with E-state index in [9.17, 15) is 5.21 Å². The van der Waals surface area contributed by atoms with Crippen LogP contribution in [-0.4, -0.2) is 4.86 Å². The minimum absolute atomic E-state index is 0.274. The van der Waals surface area contributed by atoms with E-state index in [1.807, 2.05) is 48.5 Å². The van der Waals surface area contributed by atoms with Gasteiger partial charge in [0, 0.05) is 10.7 Å². The smallest absolute Gasteiger partial charge is 0.206 e. The Bertz CT molecular complexity index is 466. The minimum Gasteiger partial charge on any atom is -0.599 e. The van der Waals surface area contributed by atoms with Crippen LogP contribution in [0.2, 0.25) is 0 Å². The van der Waals surface area contributed by atoms with E-state index >= 15 is 0 Å². The lowest BCUT2D eigenvalue weighted by Crippen LogP contribution is -1.99. The molecule has 2 aromatic carbocycles. The van der Waals surface area contributed by atoms with Crippen LogP contribution in [0.15, 0.2) is 65.8 Å². The number of azo groups is 1. The molecule has 0 heterocycles. The predicted molar refractivity (Wildman–Crippen MR) is 62.3 cm³/mol. The first-order valence-electron chi connectivity index (χ1n) is 5.10. The molecule has 0 atom stereocenters. The minimum atomic E-state index is 0.274. The maximum Gasteiger partial charge on any atom is 0.206 e. The summed E-state index contributed by atoms with van der Waals surface area (Å²) in [6.07, 6.45) is 0. The van der Waals surface area contributed by atoms with Crippen molar-refractivity contribution in [2.45, 2.75) is 6.54 Å². The molecule has 2 aromatic rings. The van der Waals surface area contributed by atoms with Crippen LogP contribution >= 0.6 is 0 Å². The third-order valence-electron chi connectivity index (χ3n) is 2.14. The molecule has 3 heteroatoms. The van der Waals surface area contributed by atoms with Crippen molar-refractivity contribution in [3.05, 3.63) is 71.4 Å². The molecule has 0 saturated carbocycles. The third-order valence-corrected chi connectivity index (χ3v) is 2.14. The molecule has 0 N–H and O–H groups in total. The maximum atomic E-state index is 11.5. The topological polar surface area (TPSA) is 38.4 Å². The van der Waals surface area contributed by atoms with E-state index in [0.29, 0.717) is 10.5 Å². The summed E-state index contributed by atoms with van der Waals surface area (Å²) in [5.74, 6) is 0. The number of hydrogen-bond donors (Lipinski definition) is 0. The van der Waals surface area contributed by atoms with Gasteiger partial charge in [-0.05, 0) is 12.1 Å². The predicted octanol–water partition coefficient (Wildman–Crippen LogP) is 3.48. The fourth-order valence-electron chi connectivity index (χ4n) is 1.40. The molecule has 16 heavy (non-hydrogen) atoms. The fraction of sp³-hybridized carbons (Fsp3) is 0.0769. The first-order chi connectivity index (χ1) is 7.84. The summed E-state index contributed by atoms with van der Waals surface area (Å²) in [4.78, 5) is 0.699.